The molecule has 0 aliphatic carbocycles. The lowest BCUT2D eigenvalue weighted by molar-refractivity contribution is -0.137. The van der Waals surface area contributed by atoms with Gasteiger partial charge in [0.1, 0.15) is 24.5 Å². The topological polar surface area (TPSA) is 94.6 Å². The van der Waals surface area contributed by atoms with Crippen molar-refractivity contribution in [2.45, 2.75) is 12.6 Å². The smallest absolute Gasteiger partial charge is 0.416 e. The standard InChI is InChI=1S/C33H28F3N3O4/c34-33(35,36)26-8-5-6-23(20-26)16-17-39(22-40,31-21-25-7-1-4-11-30(25)43-31)18-19-42-27-14-12-24(13-15-27)32(41)38-29-10-3-2-9-28(29)37/h1-15,20-22H,16-19,37H2/p+1. The maximum Gasteiger partial charge on any atom is 0.416 e. The van der Waals surface area contributed by atoms with Crippen molar-refractivity contribution >= 4 is 40.5 Å². The minimum atomic E-state index is -4.47. The van der Waals surface area contributed by atoms with Crippen molar-refractivity contribution in [1.82, 2.24) is 4.48 Å². The van der Waals surface area contributed by atoms with Crippen molar-refractivity contribution < 1.29 is 31.9 Å². The highest BCUT2D eigenvalue weighted by molar-refractivity contribution is 6.05. The van der Waals surface area contributed by atoms with Crippen LogP contribution in [0.5, 0.6) is 5.75 Å². The van der Waals surface area contributed by atoms with Crippen LogP contribution in [-0.2, 0) is 17.4 Å². The van der Waals surface area contributed by atoms with Gasteiger partial charge in [0.05, 0.1) is 29.5 Å². The molecule has 1 atom stereocenters. The Morgan fingerprint density at radius 3 is 2.37 bits per heavy atom. The van der Waals surface area contributed by atoms with E-state index in [2.05, 4.69) is 5.32 Å². The third kappa shape index (κ3) is 6.87. The van der Waals surface area contributed by atoms with Gasteiger partial charge in [-0.2, -0.15) is 17.7 Å². The van der Waals surface area contributed by atoms with Crippen LogP contribution >= 0.6 is 0 Å². The predicted molar refractivity (Wildman–Crippen MR) is 160 cm³/mol. The summed E-state index contributed by atoms with van der Waals surface area (Å²) in [5.41, 5.74) is 7.55. The van der Waals surface area contributed by atoms with Gasteiger partial charge in [-0.3, -0.25) is 4.79 Å². The molecule has 1 unspecified atom stereocenters. The number of hydrogen-bond acceptors (Lipinski definition) is 5. The minimum Gasteiger partial charge on any atom is -0.488 e. The van der Waals surface area contributed by atoms with Crippen molar-refractivity contribution in [2.24, 2.45) is 0 Å². The second kappa shape index (κ2) is 12.4. The van der Waals surface area contributed by atoms with E-state index < -0.39 is 11.7 Å². The largest absolute Gasteiger partial charge is 0.488 e. The molecule has 0 aliphatic rings. The molecule has 7 nitrogen and oxygen atoms in total. The molecule has 0 radical (unpaired) electrons. The Morgan fingerprint density at radius 2 is 1.65 bits per heavy atom. The van der Waals surface area contributed by atoms with E-state index in [1.54, 1.807) is 66.7 Å². The average Bonchev–Trinajstić information content (AvgIpc) is 3.45. The second-order valence-electron chi connectivity index (χ2n) is 10.1. The Bertz CT molecular complexity index is 1700. The summed E-state index contributed by atoms with van der Waals surface area (Å²) in [6.45, 7) is 0.387. The zero-order valence-electron chi connectivity index (χ0n) is 23.0. The van der Waals surface area contributed by atoms with E-state index >= 15 is 0 Å². The lowest BCUT2D eigenvalue weighted by atomic mass is 10.1. The number of amides is 2. The first kappa shape index (κ1) is 29.4. The van der Waals surface area contributed by atoms with Gasteiger partial charge in [-0.1, -0.05) is 48.5 Å². The highest BCUT2D eigenvalue weighted by Gasteiger charge is 2.35. The third-order valence-electron chi connectivity index (χ3n) is 7.19. The Balaban J connectivity index is 1.31. The molecule has 0 saturated heterocycles. The molecule has 0 bridgehead atoms. The van der Waals surface area contributed by atoms with Crippen molar-refractivity contribution in [3.8, 4) is 5.75 Å². The van der Waals surface area contributed by atoms with Crippen LogP contribution in [0.25, 0.3) is 11.0 Å². The first-order valence-electron chi connectivity index (χ1n) is 13.5. The number of carbonyl (C=O) groups excluding carboxylic acids is 2. The number of nitrogens with zero attached hydrogens (tertiary/aromatic N) is 1. The lowest BCUT2D eigenvalue weighted by Gasteiger charge is -2.28. The number of halogens is 3. The van der Waals surface area contributed by atoms with E-state index in [0.29, 0.717) is 39.7 Å². The molecule has 43 heavy (non-hydrogen) atoms. The van der Waals surface area contributed by atoms with Gasteiger partial charge in [0.15, 0.2) is 0 Å². The Hall–Kier alpha value is -5.09. The van der Waals surface area contributed by atoms with Gasteiger partial charge in [0.25, 0.3) is 5.91 Å². The SMILES string of the molecule is Nc1ccccc1NC(=O)c1ccc(OCC[N+](C=O)(CCc2cccc(C(F)(F)F)c2)c2cc3ccccc3o2)cc1. The summed E-state index contributed by atoms with van der Waals surface area (Å²) in [6.07, 6.45) is -3.54. The van der Waals surface area contributed by atoms with Gasteiger partial charge in [0.2, 0.25) is 0 Å². The van der Waals surface area contributed by atoms with Gasteiger partial charge in [-0.25, -0.2) is 4.79 Å². The van der Waals surface area contributed by atoms with Gasteiger partial charge in [-0.15, -0.1) is 0 Å². The van der Waals surface area contributed by atoms with Crippen LogP contribution in [0.4, 0.5) is 30.4 Å². The normalized spacial score (nSPS) is 12.9. The zero-order valence-corrected chi connectivity index (χ0v) is 23.0. The van der Waals surface area contributed by atoms with E-state index in [9.17, 15) is 22.8 Å². The maximum absolute atomic E-state index is 13.3. The molecule has 1 aromatic heterocycles. The number of carbonyl (C=O) groups is 2. The van der Waals surface area contributed by atoms with Crippen LogP contribution in [0, 0.1) is 0 Å². The fourth-order valence-corrected chi connectivity index (χ4v) is 4.74. The molecule has 220 valence electrons. The molecule has 5 rings (SSSR count). The van der Waals surface area contributed by atoms with E-state index in [0.717, 1.165) is 23.9 Å². The fraction of sp³-hybridized carbons (Fsp3) is 0.152. The number of hydrogen-bond donors (Lipinski definition) is 2. The average molecular weight is 589 g/mol. The summed E-state index contributed by atoms with van der Waals surface area (Å²) >= 11 is 0. The van der Waals surface area contributed by atoms with Crippen LogP contribution in [0.3, 0.4) is 0 Å². The van der Waals surface area contributed by atoms with E-state index in [1.165, 1.54) is 6.07 Å². The molecule has 10 heteroatoms. The van der Waals surface area contributed by atoms with Crippen molar-refractivity contribution in [2.75, 3.05) is 30.7 Å². The van der Waals surface area contributed by atoms with Crippen molar-refractivity contribution in [1.29, 1.82) is 0 Å². The van der Waals surface area contributed by atoms with Crippen LogP contribution in [-0.4, -0.2) is 32.0 Å². The highest BCUT2D eigenvalue weighted by atomic mass is 19.4. The summed E-state index contributed by atoms with van der Waals surface area (Å²) in [5.74, 6) is 0.502. The number of furan rings is 1. The van der Waals surface area contributed by atoms with E-state index in [1.807, 2.05) is 18.2 Å². The number of alkyl halides is 3. The minimum absolute atomic E-state index is 0.0878. The monoisotopic (exact) mass is 588 g/mol. The number of quaternary nitrogens is 1. The number of nitrogen functional groups attached to an aromatic ring is 1. The number of rotatable bonds is 11. The molecule has 0 aliphatic heterocycles. The number of fused-ring (bicyclic) bond motifs is 1. The highest BCUT2D eigenvalue weighted by Crippen LogP contribution is 2.32. The number of anilines is 2. The van der Waals surface area contributed by atoms with Crippen LogP contribution in [0.2, 0.25) is 0 Å². The third-order valence-corrected chi connectivity index (χ3v) is 7.19. The molecule has 0 saturated carbocycles. The summed E-state index contributed by atoms with van der Waals surface area (Å²) in [6, 6.07) is 27.6. The number of nitrogens with one attached hydrogen (secondary N) is 1. The molecule has 4 aromatic carbocycles. The first-order valence-corrected chi connectivity index (χ1v) is 13.5. The van der Waals surface area contributed by atoms with E-state index in [-0.39, 0.29) is 36.5 Å². The summed E-state index contributed by atoms with van der Waals surface area (Å²) < 4.78 is 51.5. The van der Waals surface area contributed by atoms with Crippen molar-refractivity contribution in [3.05, 3.63) is 120 Å². The first-order chi connectivity index (χ1) is 20.7. The molecule has 3 N–H and O–H groups in total. The number of nitrogens with two attached hydrogens (primary N) is 1. The van der Waals surface area contributed by atoms with Gasteiger partial charge in [-0.05, 0) is 54.1 Å². The Labute approximate surface area is 245 Å². The number of para-hydroxylation sites is 3. The van der Waals surface area contributed by atoms with Crippen LogP contribution in [0.1, 0.15) is 21.5 Å². The quantitative estimate of drug-likeness (QED) is 0.0978. The zero-order chi connectivity index (χ0) is 30.5. The number of ether oxygens (including phenoxy) is 1. The molecule has 1 heterocycles. The molecule has 2 amide bonds. The van der Waals surface area contributed by atoms with Gasteiger partial charge < -0.3 is 20.2 Å². The maximum atomic E-state index is 13.3. The molecule has 0 fully saturated rings. The van der Waals surface area contributed by atoms with Crippen molar-refractivity contribution in [3.63, 3.8) is 0 Å². The lowest BCUT2D eigenvalue weighted by Crippen LogP contribution is -2.51. The Morgan fingerprint density at radius 1 is 0.907 bits per heavy atom. The predicted octanol–water partition coefficient (Wildman–Crippen LogP) is 7.07. The second-order valence-corrected chi connectivity index (χ2v) is 10.1. The molecular weight excluding hydrogens is 559 g/mol. The van der Waals surface area contributed by atoms with Crippen LogP contribution in [0.15, 0.2) is 108 Å². The Kier molecular flexibility index (Phi) is 8.49. The molecule has 0 spiro atoms. The molecular formula is C33H29F3N3O4+. The molecule has 5 aromatic rings. The van der Waals surface area contributed by atoms with Gasteiger partial charge >= 0.3 is 18.5 Å². The fourth-order valence-electron chi connectivity index (χ4n) is 4.74. The van der Waals surface area contributed by atoms with Gasteiger partial charge in [0, 0.05) is 17.4 Å². The number of benzene rings is 4. The van der Waals surface area contributed by atoms with E-state index in [4.69, 9.17) is 14.9 Å². The van der Waals surface area contributed by atoms with Crippen LogP contribution < -0.4 is 20.3 Å². The summed E-state index contributed by atoms with van der Waals surface area (Å²) in [4.78, 5) is 25.3. The summed E-state index contributed by atoms with van der Waals surface area (Å²) in [5, 5.41) is 3.57. The summed E-state index contributed by atoms with van der Waals surface area (Å²) in [7, 11) is 0.